The third-order valence-electron chi connectivity index (χ3n) is 5.40. The second kappa shape index (κ2) is 7.43. The maximum Gasteiger partial charge on any atom is 0.270 e. The summed E-state index contributed by atoms with van der Waals surface area (Å²) >= 11 is 0. The lowest BCUT2D eigenvalue weighted by Gasteiger charge is -2.11. The molecular formula is C22H26N4O3S. The number of hydrogen-bond acceptors (Lipinski definition) is 4. The first-order valence-corrected chi connectivity index (χ1v) is 11.9. The van der Waals surface area contributed by atoms with E-state index in [2.05, 4.69) is 29.0 Å². The largest absolute Gasteiger partial charge is 0.354 e. The Hall–Kier alpha value is -2.87. The van der Waals surface area contributed by atoms with Gasteiger partial charge in [0, 0.05) is 12.4 Å². The lowest BCUT2D eigenvalue weighted by Crippen LogP contribution is -2.22. The lowest BCUT2D eigenvalue weighted by molar-refractivity contribution is 0.0957. The number of aromatic nitrogens is 2. The molecule has 1 heterocycles. The molecule has 1 fully saturated rings. The maximum absolute atomic E-state index is 12.8. The first kappa shape index (κ1) is 20.4. The molecule has 0 atom stereocenters. The average Bonchev–Trinajstić information content (AvgIpc) is 3.46. The fourth-order valence-electron chi connectivity index (χ4n) is 3.69. The summed E-state index contributed by atoms with van der Waals surface area (Å²) in [4.78, 5) is 12.8. The summed E-state index contributed by atoms with van der Waals surface area (Å²) in [5.41, 5.74) is 4.44. The van der Waals surface area contributed by atoms with Crippen molar-refractivity contribution >= 4 is 32.5 Å². The summed E-state index contributed by atoms with van der Waals surface area (Å²) in [5.74, 6) is 0.459. The van der Waals surface area contributed by atoms with Gasteiger partial charge in [-0.3, -0.25) is 9.52 Å². The van der Waals surface area contributed by atoms with Crippen molar-refractivity contribution in [1.82, 2.24) is 15.1 Å². The highest BCUT2D eigenvalue weighted by Gasteiger charge is 2.29. The van der Waals surface area contributed by atoms with E-state index in [-0.39, 0.29) is 5.91 Å². The van der Waals surface area contributed by atoms with Crippen LogP contribution in [0.15, 0.2) is 36.4 Å². The SMILES string of the molecule is CNC(=O)c1c2cc(C3CC3)c(NS(C)(=O)=O)cc2nn1-c1ccc(C(C)C)cc1. The molecule has 1 aromatic heterocycles. The monoisotopic (exact) mass is 426 g/mol. The molecule has 0 bridgehead atoms. The van der Waals surface area contributed by atoms with Crippen LogP contribution in [0, 0.1) is 0 Å². The Balaban J connectivity index is 1.93. The minimum atomic E-state index is -3.43. The number of carbonyl (C=O) groups excluding carboxylic acids is 1. The Bertz CT molecular complexity index is 1220. The standard InChI is InChI=1S/C22H26N4O3S/c1-13(2)14-7-9-16(10-8-14)26-21(22(27)23-3)18-11-17(15-5-6-15)20(12-19(18)24-26)25-30(4,28)29/h7-13,15,25H,5-6H2,1-4H3,(H,23,27). The van der Waals surface area contributed by atoms with Crippen molar-refractivity contribution in [2.45, 2.75) is 38.5 Å². The van der Waals surface area contributed by atoms with Gasteiger partial charge >= 0.3 is 0 Å². The number of sulfonamides is 1. The van der Waals surface area contributed by atoms with E-state index in [1.807, 2.05) is 30.3 Å². The minimum absolute atomic E-state index is 0.240. The first-order valence-electron chi connectivity index (χ1n) is 10.0. The van der Waals surface area contributed by atoms with Crippen LogP contribution in [-0.4, -0.2) is 37.4 Å². The highest BCUT2D eigenvalue weighted by atomic mass is 32.2. The third kappa shape index (κ3) is 3.92. The van der Waals surface area contributed by atoms with Gasteiger partial charge in [0.1, 0.15) is 5.69 Å². The number of nitrogens with zero attached hydrogens (tertiary/aromatic N) is 2. The van der Waals surface area contributed by atoms with Crippen LogP contribution in [-0.2, 0) is 10.0 Å². The van der Waals surface area contributed by atoms with Crippen LogP contribution in [0.5, 0.6) is 0 Å². The number of carbonyl (C=O) groups is 1. The molecule has 7 nitrogen and oxygen atoms in total. The van der Waals surface area contributed by atoms with Gasteiger partial charge < -0.3 is 5.32 Å². The van der Waals surface area contributed by atoms with Gasteiger partial charge in [0.2, 0.25) is 10.0 Å². The topological polar surface area (TPSA) is 93.1 Å². The van der Waals surface area contributed by atoms with Crippen molar-refractivity contribution in [3.05, 3.63) is 53.2 Å². The van der Waals surface area contributed by atoms with Crippen molar-refractivity contribution in [3.8, 4) is 5.69 Å². The average molecular weight is 427 g/mol. The Morgan fingerprint density at radius 2 is 1.83 bits per heavy atom. The number of anilines is 1. The van der Waals surface area contributed by atoms with Gasteiger partial charge in [0.25, 0.3) is 5.91 Å². The fraction of sp³-hybridized carbons (Fsp3) is 0.364. The predicted octanol–water partition coefficient (Wildman–Crippen LogP) is 3.76. The minimum Gasteiger partial charge on any atom is -0.354 e. The number of fused-ring (bicyclic) bond motifs is 1. The van der Waals surface area contributed by atoms with E-state index in [9.17, 15) is 13.2 Å². The molecule has 1 aliphatic carbocycles. The molecule has 2 N–H and O–H groups in total. The molecule has 8 heteroatoms. The summed E-state index contributed by atoms with van der Waals surface area (Å²) in [5, 5.41) is 8.08. The van der Waals surface area contributed by atoms with Crippen LogP contribution in [0.25, 0.3) is 16.6 Å². The Kier molecular flexibility index (Phi) is 5.05. The quantitative estimate of drug-likeness (QED) is 0.628. The van der Waals surface area contributed by atoms with E-state index >= 15 is 0 Å². The summed E-state index contributed by atoms with van der Waals surface area (Å²) < 4.78 is 28.0. The van der Waals surface area contributed by atoms with Crippen molar-refractivity contribution in [1.29, 1.82) is 0 Å². The van der Waals surface area contributed by atoms with Crippen LogP contribution in [0.1, 0.15) is 60.1 Å². The molecule has 0 saturated heterocycles. The van der Waals surface area contributed by atoms with Crippen LogP contribution in [0.4, 0.5) is 5.69 Å². The van der Waals surface area contributed by atoms with E-state index < -0.39 is 10.0 Å². The second-order valence-corrected chi connectivity index (χ2v) is 9.94. The van der Waals surface area contributed by atoms with Gasteiger partial charge in [-0.1, -0.05) is 26.0 Å². The van der Waals surface area contributed by atoms with Crippen molar-refractivity contribution in [2.24, 2.45) is 0 Å². The zero-order chi connectivity index (χ0) is 21.6. The highest BCUT2D eigenvalue weighted by Crippen LogP contribution is 2.45. The molecule has 1 aliphatic rings. The Morgan fingerprint density at radius 3 is 2.37 bits per heavy atom. The Morgan fingerprint density at radius 1 is 1.17 bits per heavy atom. The first-order chi connectivity index (χ1) is 14.2. The van der Waals surface area contributed by atoms with Crippen molar-refractivity contribution in [2.75, 3.05) is 18.0 Å². The van der Waals surface area contributed by atoms with Crippen LogP contribution < -0.4 is 10.0 Å². The van der Waals surface area contributed by atoms with Gasteiger partial charge in [-0.2, -0.15) is 5.10 Å². The highest BCUT2D eigenvalue weighted by molar-refractivity contribution is 7.92. The summed E-state index contributed by atoms with van der Waals surface area (Å²) in [6, 6.07) is 11.6. The maximum atomic E-state index is 12.8. The lowest BCUT2D eigenvalue weighted by atomic mass is 10.0. The second-order valence-electron chi connectivity index (χ2n) is 8.19. The molecule has 2 aromatic carbocycles. The van der Waals surface area contributed by atoms with Crippen molar-refractivity contribution in [3.63, 3.8) is 0 Å². The molecule has 0 radical (unpaired) electrons. The molecular weight excluding hydrogens is 400 g/mol. The van der Waals surface area contributed by atoms with Gasteiger partial charge in [0.15, 0.2) is 0 Å². The molecule has 0 spiro atoms. The van der Waals surface area contributed by atoms with Gasteiger partial charge in [-0.15, -0.1) is 0 Å². The molecule has 30 heavy (non-hydrogen) atoms. The van der Waals surface area contributed by atoms with Crippen molar-refractivity contribution < 1.29 is 13.2 Å². The van der Waals surface area contributed by atoms with Crippen LogP contribution in [0.3, 0.4) is 0 Å². The predicted molar refractivity (Wildman–Crippen MR) is 119 cm³/mol. The van der Waals surface area contributed by atoms with E-state index in [4.69, 9.17) is 0 Å². The van der Waals surface area contributed by atoms with E-state index in [0.29, 0.717) is 34.1 Å². The van der Waals surface area contributed by atoms with E-state index in [1.54, 1.807) is 17.8 Å². The van der Waals surface area contributed by atoms with Gasteiger partial charge in [-0.25, -0.2) is 13.1 Å². The number of rotatable bonds is 6. The number of nitrogens with one attached hydrogen (secondary N) is 2. The van der Waals surface area contributed by atoms with E-state index in [0.717, 1.165) is 30.3 Å². The Labute approximate surface area is 176 Å². The van der Waals surface area contributed by atoms with Gasteiger partial charge in [0.05, 0.1) is 23.1 Å². The zero-order valence-corrected chi connectivity index (χ0v) is 18.4. The fourth-order valence-corrected chi connectivity index (χ4v) is 4.27. The molecule has 3 aromatic rings. The zero-order valence-electron chi connectivity index (χ0n) is 17.6. The number of benzene rings is 2. The van der Waals surface area contributed by atoms with Gasteiger partial charge in [-0.05, 0) is 60.1 Å². The van der Waals surface area contributed by atoms with Crippen LogP contribution >= 0.6 is 0 Å². The molecule has 4 rings (SSSR count). The van der Waals surface area contributed by atoms with Crippen LogP contribution in [0.2, 0.25) is 0 Å². The molecule has 0 aliphatic heterocycles. The van der Waals surface area contributed by atoms with E-state index in [1.165, 1.54) is 5.56 Å². The normalized spacial score (nSPS) is 14.3. The summed E-state index contributed by atoms with van der Waals surface area (Å²) in [6.07, 6.45) is 3.15. The molecule has 1 saturated carbocycles. The number of amides is 1. The third-order valence-corrected chi connectivity index (χ3v) is 5.99. The molecule has 1 amide bonds. The smallest absolute Gasteiger partial charge is 0.270 e. The number of hydrogen-bond donors (Lipinski definition) is 2. The summed E-state index contributed by atoms with van der Waals surface area (Å²) in [7, 11) is -1.84. The molecule has 0 unspecified atom stereocenters. The summed E-state index contributed by atoms with van der Waals surface area (Å²) in [6.45, 7) is 4.26. The molecule has 158 valence electrons.